The van der Waals surface area contributed by atoms with Crippen LogP contribution in [0.1, 0.15) is 25.5 Å². The van der Waals surface area contributed by atoms with Gasteiger partial charge >= 0.3 is 0 Å². The second-order valence-corrected chi connectivity index (χ2v) is 4.88. The second-order valence-electron chi connectivity index (χ2n) is 4.09. The van der Waals surface area contributed by atoms with Gasteiger partial charge in [-0.2, -0.15) is 0 Å². The lowest BCUT2D eigenvalue weighted by Gasteiger charge is -2.04. The largest absolute Gasteiger partial charge is 0.293 e. The Balaban J connectivity index is 2.66. The number of benzene rings is 1. The molecule has 1 N–H and O–H groups in total. The Kier molecular flexibility index (Phi) is 3.19. The SMILES string of the molecule is CC(C)c1[nH]n(-c2ccccc2F)c(=O)c1Br. The van der Waals surface area contributed by atoms with Gasteiger partial charge in [-0.25, -0.2) is 9.07 Å². The molecule has 1 aromatic heterocycles. The van der Waals surface area contributed by atoms with Crippen LogP contribution < -0.4 is 5.56 Å². The van der Waals surface area contributed by atoms with Gasteiger partial charge in [0.1, 0.15) is 16.0 Å². The molecule has 0 atom stereocenters. The zero-order chi connectivity index (χ0) is 12.6. The molecule has 0 radical (unpaired) electrons. The van der Waals surface area contributed by atoms with Crippen molar-refractivity contribution in [3.05, 3.63) is 50.6 Å². The van der Waals surface area contributed by atoms with Crippen molar-refractivity contribution in [2.24, 2.45) is 0 Å². The summed E-state index contributed by atoms with van der Waals surface area (Å²) in [5.41, 5.74) is 0.710. The minimum atomic E-state index is -0.432. The first-order chi connectivity index (χ1) is 8.02. The van der Waals surface area contributed by atoms with Crippen LogP contribution in [0.4, 0.5) is 4.39 Å². The topological polar surface area (TPSA) is 37.8 Å². The summed E-state index contributed by atoms with van der Waals surface area (Å²) in [6.07, 6.45) is 0. The van der Waals surface area contributed by atoms with Crippen molar-refractivity contribution in [3.63, 3.8) is 0 Å². The maximum absolute atomic E-state index is 13.6. The van der Waals surface area contributed by atoms with Gasteiger partial charge in [0.05, 0.1) is 5.69 Å². The normalized spacial score (nSPS) is 11.1. The molecule has 0 unspecified atom stereocenters. The highest BCUT2D eigenvalue weighted by Gasteiger charge is 2.16. The van der Waals surface area contributed by atoms with E-state index in [-0.39, 0.29) is 17.2 Å². The van der Waals surface area contributed by atoms with E-state index in [1.165, 1.54) is 10.7 Å². The first kappa shape index (κ1) is 12.1. The summed E-state index contributed by atoms with van der Waals surface area (Å²) in [6, 6.07) is 6.16. The summed E-state index contributed by atoms with van der Waals surface area (Å²) in [6.45, 7) is 3.92. The quantitative estimate of drug-likeness (QED) is 0.908. The highest BCUT2D eigenvalue weighted by Crippen LogP contribution is 2.21. The van der Waals surface area contributed by atoms with Crippen LogP contribution in [0, 0.1) is 5.82 Å². The van der Waals surface area contributed by atoms with E-state index in [1.807, 2.05) is 13.8 Å². The Hall–Kier alpha value is -1.36. The molecular formula is C12H12BrFN2O. The van der Waals surface area contributed by atoms with Crippen molar-refractivity contribution in [1.29, 1.82) is 0 Å². The number of halogens is 2. The smallest absolute Gasteiger partial charge is 0.285 e. The lowest BCUT2D eigenvalue weighted by atomic mass is 10.1. The number of aromatic amines is 1. The molecule has 0 bridgehead atoms. The number of H-pyrrole nitrogens is 1. The molecule has 1 heterocycles. The van der Waals surface area contributed by atoms with Crippen LogP contribution in [0.25, 0.3) is 5.69 Å². The molecule has 17 heavy (non-hydrogen) atoms. The highest BCUT2D eigenvalue weighted by atomic mass is 79.9. The van der Waals surface area contributed by atoms with Crippen molar-refractivity contribution >= 4 is 15.9 Å². The number of hydrogen-bond acceptors (Lipinski definition) is 1. The van der Waals surface area contributed by atoms with E-state index in [4.69, 9.17) is 0 Å². The summed E-state index contributed by atoms with van der Waals surface area (Å²) in [4.78, 5) is 12.0. The summed E-state index contributed by atoms with van der Waals surface area (Å²) in [7, 11) is 0. The van der Waals surface area contributed by atoms with Gasteiger partial charge in [-0.1, -0.05) is 26.0 Å². The predicted molar refractivity (Wildman–Crippen MR) is 68.1 cm³/mol. The van der Waals surface area contributed by atoms with Gasteiger partial charge < -0.3 is 0 Å². The Bertz CT molecular complexity index is 601. The van der Waals surface area contributed by atoms with Crippen LogP contribution in [0.2, 0.25) is 0 Å². The Labute approximate surface area is 106 Å². The third-order valence-corrected chi connectivity index (χ3v) is 3.30. The van der Waals surface area contributed by atoms with Crippen molar-refractivity contribution in [2.45, 2.75) is 19.8 Å². The van der Waals surface area contributed by atoms with E-state index in [0.29, 0.717) is 4.47 Å². The van der Waals surface area contributed by atoms with Gasteiger partial charge in [-0.05, 0) is 34.0 Å². The summed E-state index contributed by atoms with van der Waals surface area (Å²) in [5, 5.41) is 2.92. The molecule has 0 amide bonds. The van der Waals surface area contributed by atoms with E-state index in [1.54, 1.807) is 18.2 Å². The number of hydrogen-bond donors (Lipinski definition) is 1. The fraction of sp³-hybridized carbons (Fsp3) is 0.250. The molecule has 0 spiro atoms. The van der Waals surface area contributed by atoms with Gasteiger partial charge in [-0.3, -0.25) is 9.89 Å². The number of aromatic nitrogens is 2. The summed E-state index contributed by atoms with van der Waals surface area (Å²) >= 11 is 3.24. The van der Waals surface area contributed by atoms with Crippen LogP contribution >= 0.6 is 15.9 Å². The van der Waals surface area contributed by atoms with Gasteiger partial charge in [0.25, 0.3) is 5.56 Å². The maximum Gasteiger partial charge on any atom is 0.285 e. The minimum Gasteiger partial charge on any atom is -0.293 e. The Morgan fingerprint density at radius 2 is 2.00 bits per heavy atom. The van der Waals surface area contributed by atoms with E-state index in [0.717, 1.165) is 5.69 Å². The molecule has 0 aliphatic heterocycles. The average Bonchev–Trinajstić information content (AvgIpc) is 2.57. The zero-order valence-corrected chi connectivity index (χ0v) is 11.1. The Morgan fingerprint density at radius 3 is 2.53 bits per heavy atom. The molecule has 3 nitrogen and oxygen atoms in total. The second kappa shape index (κ2) is 4.49. The molecule has 0 saturated carbocycles. The monoisotopic (exact) mass is 298 g/mol. The third-order valence-electron chi connectivity index (χ3n) is 2.53. The molecule has 5 heteroatoms. The molecule has 2 aromatic rings. The first-order valence-electron chi connectivity index (χ1n) is 5.27. The van der Waals surface area contributed by atoms with Crippen LogP contribution in [-0.2, 0) is 0 Å². The van der Waals surface area contributed by atoms with Gasteiger partial charge in [0.2, 0.25) is 0 Å². The maximum atomic E-state index is 13.6. The molecule has 0 aliphatic rings. The minimum absolute atomic E-state index is 0.157. The van der Waals surface area contributed by atoms with Crippen LogP contribution in [-0.4, -0.2) is 9.78 Å². The van der Waals surface area contributed by atoms with Crippen molar-refractivity contribution in [3.8, 4) is 5.69 Å². The molecule has 90 valence electrons. The van der Waals surface area contributed by atoms with Gasteiger partial charge in [-0.15, -0.1) is 0 Å². The average molecular weight is 299 g/mol. The van der Waals surface area contributed by atoms with Crippen LogP contribution in [0.3, 0.4) is 0 Å². The summed E-state index contributed by atoms with van der Waals surface area (Å²) < 4.78 is 15.3. The molecule has 2 rings (SSSR count). The van der Waals surface area contributed by atoms with Crippen molar-refractivity contribution in [1.82, 2.24) is 9.78 Å². The predicted octanol–water partition coefficient (Wildman–Crippen LogP) is 3.19. The molecule has 0 fully saturated rings. The lowest BCUT2D eigenvalue weighted by molar-refractivity contribution is 0.606. The van der Waals surface area contributed by atoms with Crippen molar-refractivity contribution < 1.29 is 4.39 Å². The van der Waals surface area contributed by atoms with Gasteiger partial charge in [0, 0.05) is 0 Å². The third kappa shape index (κ3) is 2.07. The molecule has 0 saturated heterocycles. The fourth-order valence-electron chi connectivity index (χ4n) is 1.62. The standard InChI is InChI=1S/C12H12BrFN2O/c1-7(2)11-10(13)12(17)16(15-11)9-6-4-3-5-8(9)14/h3-7,15H,1-2H3. The van der Waals surface area contributed by atoms with E-state index >= 15 is 0 Å². The number of rotatable bonds is 2. The summed E-state index contributed by atoms with van der Waals surface area (Å²) in [5.74, 6) is -0.274. The molecule has 1 aromatic carbocycles. The Morgan fingerprint density at radius 1 is 1.35 bits per heavy atom. The number of nitrogens with one attached hydrogen (secondary N) is 1. The van der Waals surface area contributed by atoms with Crippen LogP contribution in [0.5, 0.6) is 0 Å². The molecule has 0 aliphatic carbocycles. The van der Waals surface area contributed by atoms with Crippen LogP contribution in [0.15, 0.2) is 33.5 Å². The lowest BCUT2D eigenvalue weighted by Crippen LogP contribution is -2.15. The molecular weight excluding hydrogens is 287 g/mol. The van der Waals surface area contributed by atoms with Crippen molar-refractivity contribution in [2.75, 3.05) is 0 Å². The van der Waals surface area contributed by atoms with E-state index < -0.39 is 5.82 Å². The number of nitrogens with zero attached hydrogens (tertiary/aromatic N) is 1. The van der Waals surface area contributed by atoms with E-state index in [2.05, 4.69) is 21.0 Å². The zero-order valence-electron chi connectivity index (χ0n) is 9.50. The van der Waals surface area contributed by atoms with Gasteiger partial charge in [0.15, 0.2) is 0 Å². The first-order valence-corrected chi connectivity index (χ1v) is 6.07. The fourth-order valence-corrected chi connectivity index (χ4v) is 2.34. The highest BCUT2D eigenvalue weighted by molar-refractivity contribution is 9.10. The number of para-hydroxylation sites is 1. The van der Waals surface area contributed by atoms with E-state index in [9.17, 15) is 9.18 Å².